The fourth-order valence-electron chi connectivity index (χ4n) is 5.93. The molecular formula is C28H32ClNO4. The Morgan fingerprint density at radius 1 is 1.26 bits per heavy atom. The number of aromatic carboxylic acids is 1. The minimum absolute atomic E-state index is 0.154. The molecule has 1 heterocycles. The molecule has 3 aliphatic rings. The van der Waals surface area contributed by atoms with Gasteiger partial charge in [-0.05, 0) is 85.4 Å². The molecule has 0 bridgehead atoms. The Balaban J connectivity index is 1.49. The molecule has 0 saturated heterocycles. The standard InChI is InChI=1S/C28H32ClNO4/c1-2-12-33-16-22-6-5-21(22)15-30-17-28(11-3-4-19-13-23(29)8-9-24(19)28)18-34-26-10-7-20(27(31)32)14-25(26)30/h2,7-10,13-14,21-22H,1,3-6,11-12,15-18H2,(H,31,32)/t21-,22-,28-/m0/s1. The van der Waals surface area contributed by atoms with Crippen LogP contribution < -0.4 is 9.64 Å². The van der Waals surface area contributed by atoms with E-state index in [0.717, 1.165) is 61.8 Å². The van der Waals surface area contributed by atoms with Crippen molar-refractivity contribution >= 4 is 23.3 Å². The first-order valence-corrected chi connectivity index (χ1v) is 12.6. The predicted molar refractivity (Wildman–Crippen MR) is 134 cm³/mol. The topological polar surface area (TPSA) is 59.0 Å². The summed E-state index contributed by atoms with van der Waals surface area (Å²) in [5.41, 5.74) is 3.64. The third-order valence-corrected chi connectivity index (χ3v) is 8.12. The first kappa shape index (κ1) is 23.3. The van der Waals surface area contributed by atoms with E-state index < -0.39 is 5.97 Å². The molecule has 2 aliphatic carbocycles. The summed E-state index contributed by atoms with van der Waals surface area (Å²) < 4.78 is 12.2. The molecule has 34 heavy (non-hydrogen) atoms. The predicted octanol–water partition coefficient (Wildman–Crippen LogP) is 5.74. The largest absolute Gasteiger partial charge is 0.490 e. The number of hydrogen-bond donors (Lipinski definition) is 1. The van der Waals surface area contributed by atoms with Crippen LogP contribution >= 0.6 is 11.6 Å². The summed E-state index contributed by atoms with van der Waals surface area (Å²) >= 11 is 6.33. The van der Waals surface area contributed by atoms with Gasteiger partial charge in [-0.25, -0.2) is 4.79 Å². The number of carbonyl (C=O) groups is 1. The van der Waals surface area contributed by atoms with E-state index in [1.54, 1.807) is 18.2 Å². The van der Waals surface area contributed by atoms with Crippen molar-refractivity contribution in [3.63, 3.8) is 0 Å². The van der Waals surface area contributed by atoms with Gasteiger partial charge in [0.15, 0.2) is 0 Å². The van der Waals surface area contributed by atoms with Gasteiger partial charge in [0.25, 0.3) is 0 Å². The van der Waals surface area contributed by atoms with Crippen LogP contribution in [0.1, 0.15) is 47.2 Å². The number of ether oxygens (including phenoxy) is 2. The van der Waals surface area contributed by atoms with Gasteiger partial charge in [0.2, 0.25) is 0 Å². The van der Waals surface area contributed by atoms with Gasteiger partial charge in [0.05, 0.1) is 31.1 Å². The highest BCUT2D eigenvalue weighted by molar-refractivity contribution is 6.30. The molecule has 0 radical (unpaired) electrons. The van der Waals surface area contributed by atoms with Crippen LogP contribution in [0.2, 0.25) is 5.02 Å². The third-order valence-electron chi connectivity index (χ3n) is 7.88. The lowest BCUT2D eigenvalue weighted by atomic mass is 9.69. The average Bonchev–Trinajstić information content (AvgIpc) is 2.96. The number of carboxylic acids is 1. The molecule has 180 valence electrons. The quantitative estimate of drug-likeness (QED) is 0.403. The van der Waals surface area contributed by atoms with E-state index in [9.17, 15) is 9.90 Å². The maximum absolute atomic E-state index is 11.8. The van der Waals surface area contributed by atoms with Crippen LogP contribution in [0.15, 0.2) is 49.1 Å². The summed E-state index contributed by atoms with van der Waals surface area (Å²) in [4.78, 5) is 14.2. The minimum atomic E-state index is -0.918. The maximum atomic E-state index is 11.8. The molecule has 1 fully saturated rings. The molecule has 2 aromatic rings. The van der Waals surface area contributed by atoms with Crippen molar-refractivity contribution in [2.24, 2.45) is 11.8 Å². The third kappa shape index (κ3) is 4.44. The molecule has 0 aromatic heterocycles. The lowest BCUT2D eigenvalue weighted by Gasteiger charge is -2.44. The highest BCUT2D eigenvalue weighted by Gasteiger charge is 2.43. The number of benzene rings is 2. The number of anilines is 1. The van der Waals surface area contributed by atoms with Gasteiger partial charge >= 0.3 is 5.97 Å². The molecule has 3 atom stereocenters. The highest BCUT2D eigenvalue weighted by atomic mass is 35.5. The number of carboxylic acid groups (broad SMARTS) is 1. The molecule has 0 unspecified atom stereocenters. The lowest BCUT2D eigenvalue weighted by molar-refractivity contribution is 0.0466. The Hall–Kier alpha value is -2.50. The minimum Gasteiger partial charge on any atom is -0.490 e. The SMILES string of the molecule is C=CCOC[C@@H]1CC[C@H]1CN1C[C@@]2(CCCc3cc(Cl)ccc32)COc2ccc(C(=O)O)cc21. The van der Waals surface area contributed by atoms with Crippen LogP contribution in [-0.4, -0.2) is 44.0 Å². The zero-order valence-electron chi connectivity index (χ0n) is 19.5. The van der Waals surface area contributed by atoms with E-state index in [2.05, 4.69) is 23.6 Å². The van der Waals surface area contributed by atoms with Gasteiger partial charge in [-0.1, -0.05) is 23.7 Å². The van der Waals surface area contributed by atoms with Crippen LogP contribution in [0.3, 0.4) is 0 Å². The number of nitrogens with zero attached hydrogens (tertiary/aromatic N) is 1. The second-order valence-electron chi connectivity index (χ2n) is 10.0. The Kier molecular flexibility index (Phi) is 6.59. The van der Waals surface area contributed by atoms with Crippen LogP contribution in [0.5, 0.6) is 5.75 Å². The number of halogens is 1. The van der Waals surface area contributed by atoms with E-state index in [0.29, 0.717) is 30.6 Å². The van der Waals surface area contributed by atoms with Gasteiger partial charge in [0, 0.05) is 23.5 Å². The Bertz CT molecular complexity index is 1090. The molecule has 5 nitrogen and oxygen atoms in total. The van der Waals surface area contributed by atoms with Crippen LogP contribution in [0.25, 0.3) is 0 Å². The first-order chi connectivity index (χ1) is 16.5. The number of aryl methyl sites for hydroxylation is 1. The molecular weight excluding hydrogens is 450 g/mol. The van der Waals surface area contributed by atoms with Gasteiger partial charge < -0.3 is 19.5 Å². The van der Waals surface area contributed by atoms with Gasteiger partial charge in [-0.15, -0.1) is 6.58 Å². The number of fused-ring (bicyclic) bond motifs is 3. The van der Waals surface area contributed by atoms with Crippen LogP contribution in [0.4, 0.5) is 5.69 Å². The summed E-state index contributed by atoms with van der Waals surface area (Å²) in [7, 11) is 0. The van der Waals surface area contributed by atoms with Crippen molar-refractivity contribution in [2.75, 3.05) is 37.8 Å². The second-order valence-corrected chi connectivity index (χ2v) is 10.5. The fourth-order valence-corrected chi connectivity index (χ4v) is 6.13. The molecule has 6 heteroatoms. The van der Waals surface area contributed by atoms with E-state index in [-0.39, 0.29) is 5.41 Å². The Morgan fingerprint density at radius 2 is 2.12 bits per heavy atom. The summed E-state index contributed by atoms with van der Waals surface area (Å²) in [5, 5.41) is 10.4. The monoisotopic (exact) mass is 481 g/mol. The molecule has 1 spiro atoms. The van der Waals surface area contributed by atoms with Crippen LogP contribution in [-0.2, 0) is 16.6 Å². The van der Waals surface area contributed by atoms with Gasteiger partial charge in [0.1, 0.15) is 5.75 Å². The molecule has 1 aliphatic heterocycles. The fraction of sp³-hybridized carbons (Fsp3) is 0.464. The van der Waals surface area contributed by atoms with E-state index >= 15 is 0 Å². The maximum Gasteiger partial charge on any atom is 0.335 e. The smallest absolute Gasteiger partial charge is 0.335 e. The highest BCUT2D eigenvalue weighted by Crippen LogP contribution is 2.46. The summed E-state index contributed by atoms with van der Waals surface area (Å²) in [6.07, 6.45) is 7.27. The van der Waals surface area contributed by atoms with Crippen molar-refractivity contribution in [1.82, 2.24) is 0 Å². The van der Waals surface area contributed by atoms with Crippen LogP contribution in [0, 0.1) is 11.8 Å². The summed E-state index contributed by atoms with van der Waals surface area (Å²) in [5.74, 6) is 0.874. The first-order valence-electron chi connectivity index (χ1n) is 12.2. The van der Waals surface area contributed by atoms with E-state index in [1.807, 2.05) is 12.1 Å². The molecule has 5 rings (SSSR count). The van der Waals surface area contributed by atoms with Crippen molar-refractivity contribution in [1.29, 1.82) is 0 Å². The van der Waals surface area contributed by atoms with E-state index in [4.69, 9.17) is 21.1 Å². The summed E-state index contributed by atoms with van der Waals surface area (Å²) in [6, 6.07) is 11.5. The van der Waals surface area contributed by atoms with Crippen molar-refractivity contribution in [3.05, 3.63) is 70.8 Å². The second kappa shape index (κ2) is 9.63. The lowest BCUT2D eigenvalue weighted by Crippen LogP contribution is -2.48. The number of hydrogen-bond acceptors (Lipinski definition) is 4. The molecule has 1 N–H and O–H groups in total. The van der Waals surface area contributed by atoms with Crippen molar-refractivity contribution in [3.8, 4) is 5.75 Å². The van der Waals surface area contributed by atoms with Gasteiger partial charge in [-0.2, -0.15) is 0 Å². The Morgan fingerprint density at radius 3 is 2.88 bits per heavy atom. The van der Waals surface area contributed by atoms with Gasteiger partial charge in [-0.3, -0.25) is 0 Å². The molecule has 1 saturated carbocycles. The Labute approximate surface area is 206 Å². The molecule has 2 aromatic carbocycles. The zero-order chi connectivity index (χ0) is 23.7. The average molecular weight is 482 g/mol. The summed E-state index contributed by atoms with van der Waals surface area (Å²) in [6.45, 7) is 7.31. The number of rotatable bonds is 7. The zero-order valence-corrected chi connectivity index (χ0v) is 20.2. The van der Waals surface area contributed by atoms with E-state index in [1.165, 1.54) is 17.5 Å². The van der Waals surface area contributed by atoms with Crippen molar-refractivity contribution < 1.29 is 19.4 Å². The molecule has 0 amide bonds. The normalized spacial score (nSPS) is 25.5. The van der Waals surface area contributed by atoms with Crippen molar-refractivity contribution in [2.45, 2.75) is 37.5 Å².